The third-order valence-electron chi connectivity index (χ3n) is 4.75. The molecule has 2 heterocycles. The Morgan fingerprint density at radius 2 is 1.71 bits per heavy atom. The van der Waals surface area contributed by atoms with Gasteiger partial charge < -0.3 is 9.69 Å². The minimum atomic E-state index is -0.988. The van der Waals surface area contributed by atoms with E-state index in [2.05, 4.69) is 5.32 Å². The number of anilines is 1. The molecule has 128 valence electrons. The fourth-order valence-electron chi connectivity index (χ4n) is 3.35. The van der Waals surface area contributed by atoms with Crippen molar-refractivity contribution in [2.75, 3.05) is 18.0 Å². The Kier molecular flexibility index (Phi) is 4.59. The Balaban J connectivity index is 1.83. The highest BCUT2D eigenvalue weighted by Crippen LogP contribution is 2.33. The monoisotopic (exact) mass is 336 g/mol. The third kappa shape index (κ3) is 3.16. The molecule has 24 heavy (non-hydrogen) atoms. The van der Waals surface area contributed by atoms with Gasteiger partial charge >= 0.3 is 0 Å². The standard InChI is InChI=1S/C17H18F2N2O3/c18-13-7-11(21-5-3-10(9-22)4-6-21)8-14(19)16(13)12-1-2-15(23)20-17(12)24/h7-10,12H,1-6H2,(H,20,23,24)/t12-/m1/s1. The molecule has 2 fully saturated rings. The van der Waals surface area contributed by atoms with Crippen LogP contribution in [-0.4, -0.2) is 31.2 Å². The van der Waals surface area contributed by atoms with Crippen LogP contribution in [0.4, 0.5) is 14.5 Å². The van der Waals surface area contributed by atoms with E-state index in [1.807, 2.05) is 4.90 Å². The number of amides is 2. The number of halogens is 2. The molecule has 2 aliphatic rings. The van der Waals surface area contributed by atoms with E-state index in [4.69, 9.17) is 0 Å². The van der Waals surface area contributed by atoms with E-state index in [1.165, 1.54) is 12.1 Å². The molecule has 1 aromatic rings. The highest BCUT2D eigenvalue weighted by molar-refractivity contribution is 6.01. The van der Waals surface area contributed by atoms with Gasteiger partial charge in [0, 0.05) is 36.7 Å². The fraction of sp³-hybridized carbons (Fsp3) is 0.471. The van der Waals surface area contributed by atoms with Crippen molar-refractivity contribution >= 4 is 23.8 Å². The van der Waals surface area contributed by atoms with Crippen LogP contribution in [0.25, 0.3) is 0 Å². The lowest BCUT2D eigenvalue weighted by Gasteiger charge is -2.32. The first-order chi connectivity index (χ1) is 11.5. The summed E-state index contributed by atoms with van der Waals surface area (Å²) < 4.78 is 29.0. The first-order valence-corrected chi connectivity index (χ1v) is 8.02. The molecule has 0 aliphatic carbocycles. The molecule has 0 aromatic heterocycles. The maximum atomic E-state index is 14.5. The predicted molar refractivity (Wildman–Crippen MR) is 82.5 cm³/mol. The quantitative estimate of drug-likeness (QED) is 0.676. The smallest absolute Gasteiger partial charge is 0.234 e. The summed E-state index contributed by atoms with van der Waals surface area (Å²) in [6, 6.07) is 2.45. The van der Waals surface area contributed by atoms with Gasteiger partial charge in [0.05, 0.1) is 5.92 Å². The Morgan fingerprint density at radius 3 is 2.25 bits per heavy atom. The number of nitrogens with one attached hydrogen (secondary N) is 1. The molecule has 2 aliphatic heterocycles. The number of hydrogen-bond acceptors (Lipinski definition) is 4. The number of benzene rings is 1. The summed E-state index contributed by atoms with van der Waals surface area (Å²) >= 11 is 0. The van der Waals surface area contributed by atoms with Crippen molar-refractivity contribution < 1.29 is 23.2 Å². The van der Waals surface area contributed by atoms with Gasteiger partial charge in [0.1, 0.15) is 17.9 Å². The Bertz CT molecular complexity index is 661. The van der Waals surface area contributed by atoms with Crippen molar-refractivity contribution in [3.05, 3.63) is 29.3 Å². The lowest BCUT2D eigenvalue weighted by Crippen LogP contribution is -2.40. The lowest BCUT2D eigenvalue weighted by atomic mass is 9.89. The van der Waals surface area contributed by atoms with Crippen LogP contribution < -0.4 is 10.2 Å². The van der Waals surface area contributed by atoms with Crippen molar-refractivity contribution in [1.29, 1.82) is 0 Å². The average molecular weight is 336 g/mol. The molecule has 1 atom stereocenters. The maximum absolute atomic E-state index is 14.5. The molecule has 0 unspecified atom stereocenters. The molecular weight excluding hydrogens is 318 g/mol. The van der Waals surface area contributed by atoms with Gasteiger partial charge in [0.25, 0.3) is 0 Å². The summed E-state index contributed by atoms with van der Waals surface area (Å²) in [5, 5.41) is 2.12. The Morgan fingerprint density at radius 1 is 1.08 bits per heavy atom. The molecule has 0 bridgehead atoms. The van der Waals surface area contributed by atoms with Crippen LogP contribution in [0.15, 0.2) is 12.1 Å². The zero-order valence-corrected chi connectivity index (χ0v) is 13.1. The van der Waals surface area contributed by atoms with Crippen LogP contribution in [-0.2, 0) is 14.4 Å². The van der Waals surface area contributed by atoms with Gasteiger partial charge in [0.2, 0.25) is 11.8 Å². The van der Waals surface area contributed by atoms with Crippen molar-refractivity contribution in [3.8, 4) is 0 Å². The van der Waals surface area contributed by atoms with Crippen molar-refractivity contribution in [3.63, 3.8) is 0 Å². The predicted octanol–water partition coefficient (Wildman–Crippen LogP) is 1.90. The van der Waals surface area contributed by atoms with E-state index < -0.39 is 29.4 Å². The van der Waals surface area contributed by atoms with E-state index in [0.717, 1.165) is 6.29 Å². The van der Waals surface area contributed by atoms with Crippen LogP contribution in [0.3, 0.4) is 0 Å². The van der Waals surface area contributed by atoms with Crippen molar-refractivity contribution in [2.24, 2.45) is 5.92 Å². The first kappa shape index (κ1) is 16.5. The van der Waals surface area contributed by atoms with Crippen LogP contribution >= 0.6 is 0 Å². The third-order valence-corrected chi connectivity index (χ3v) is 4.75. The van der Waals surface area contributed by atoms with E-state index in [9.17, 15) is 23.2 Å². The fourth-order valence-corrected chi connectivity index (χ4v) is 3.35. The number of hydrogen-bond donors (Lipinski definition) is 1. The summed E-state index contributed by atoms with van der Waals surface area (Å²) in [5.74, 6) is -3.64. The molecular formula is C17H18F2N2O3. The molecule has 1 aromatic carbocycles. The average Bonchev–Trinajstić information content (AvgIpc) is 2.56. The van der Waals surface area contributed by atoms with Gasteiger partial charge in [-0.3, -0.25) is 14.9 Å². The van der Waals surface area contributed by atoms with E-state index in [1.54, 1.807) is 0 Å². The molecule has 1 N–H and O–H groups in total. The van der Waals surface area contributed by atoms with Crippen molar-refractivity contribution in [2.45, 2.75) is 31.6 Å². The minimum Gasteiger partial charge on any atom is -0.371 e. The highest BCUT2D eigenvalue weighted by Gasteiger charge is 2.33. The second-order valence-electron chi connectivity index (χ2n) is 6.29. The Hall–Kier alpha value is -2.31. The zero-order chi connectivity index (χ0) is 17.3. The molecule has 2 saturated heterocycles. The molecule has 0 spiro atoms. The summed E-state index contributed by atoms with van der Waals surface area (Å²) in [5.41, 5.74) is 0.122. The van der Waals surface area contributed by atoms with E-state index >= 15 is 0 Å². The number of aldehydes is 1. The molecule has 5 nitrogen and oxygen atoms in total. The van der Waals surface area contributed by atoms with Gasteiger partial charge in [0.15, 0.2) is 0 Å². The first-order valence-electron chi connectivity index (χ1n) is 8.02. The maximum Gasteiger partial charge on any atom is 0.234 e. The van der Waals surface area contributed by atoms with Gasteiger partial charge in [-0.25, -0.2) is 8.78 Å². The summed E-state index contributed by atoms with van der Waals surface area (Å²) in [6.45, 7) is 1.11. The summed E-state index contributed by atoms with van der Waals surface area (Å²) in [7, 11) is 0. The molecule has 7 heteroatoms. The van der Waals surface area contributed by atoms with Gasteiger partial charge in [-0.05, 0) is 31.4 Å². The van der Waals surface area contributed by atoms with E-state index in [-0.39, 0.29) is 24.3 Å². The van der Waals surface area contributed by atoms with E-state index in [0.29, 0.717) is 31.6 Å². The lowest BCUT2D eigenvalue weighted by molar-refractivity contribution is -0.134. The molecule has 0 radical (unpaired) electrons. The second-order valence-corrected chi connectivity index (χ2v) is 6.29. The number of carbonyl (C=O) groups excluding carboxylic acids is 3. The van der Waals surface area contributed by atoms with Gasteiger partial charge in [-0.15, -0.1) is 0 Å². The van der Waals surface area contributed by atoms with Crippen molar-refractivity contribution in [1.82, 2.24) is 5.32 Å². The van der Waals surface area contributed by atoms with Crippen LogP contribution in [0.5, 0.6) is 0 Å². The van der Waals surface area contributed by atoms with Crippen LogP contribution in [0.1, 0.15) is 37.2 Å². The van der Waals surface area contributed by atoms with Crippen LogP contribution in [0.2, 0.25) is 0 Å². The molecule has 3 rings (SSSR count). The summed E-state index contributed by atoms with van der Waals surface area (Å²) in [6.07, 6.45) is 2.40. The summed E-state index contributed by atoms with van der Waals surface area (Å²) in [4.78, 5) is 35.7. The van der Waals surface area contributed by atoms with Gasteiger partial charge in [-0.2, -0.15) is 0 Å². The minimum absolute atomic E-state index is 0.00121. The SMILES string of the molecule is O=CC1CCN(c2cc(F)c([C@H]3CCC(=O)NC3=O)c(F)c2)CC1. The number of piperidine rings is 2. The molecule has 2 amide bonds. The highest BCUT2D eigenvalue weighted by atomic mass is 19.1. The molecule has 0 saturated carbocycles. The number of rotatable bonds is 3. The normalized spacial score (nSPS) is 22.4. The number of carbonyl (C=O) groups is 3. The Labute approximate surface area is 138 Å². The zero-order valence-electron chi connectivity index (χ0n) is 13.1. The topological polar surface area (TPSA) is 66.5 Å². The largest absolute Gasteiger partial charge is 0.371 e. The number of imide groups is 1. The van der Waals surface area contributed by atoms with Gasteiger partial charge in [-0.1, -0.05) is 0 Å². The number of nitrogens with zero attached hydrogens (tertiary/aromatic N) is 1. The second kappa shape index (κ2) is 6.67. The van der Waals surface area contributed by atoms with Crippen LogP contribution in [0, 0.1) is 17.6 Å².